The van der Waals surface area contributed by atoms with E-state index in [9.17, 15) is 4.79 Å². The van der Waals surface area contributed by atoms with Crippen molar-refractivity contribution in [2.75, 3.05) is 13.7 Å². The summed E-state index contributed by atoms with van der Waals surface area (Å²) in [6.07, 6.45) is 2.08. The van der Waals surface area contributed by atoms with Gasteiger partial charge in [-0.05, 0) is 55.2 Å². The topological polar surface area (TPSA) is 69.2 Å². The highest BCUT2D eigenvalue weighted by Crippen LogP contribution is 2.31. The number of hydrazone groups is 1. The molecule has 26 heavy (non-hydrogen) atoms. The first-order valence-electron chi connectivity index (χ1n) is 8.67. The van der Waals surface area contributed by atoms with Gasteiger partial charge in [0.15, 0.2) is 11.5 Å². The molecule has 6 heteroatoms. The summed E-state index contributed by atoms with van der Waals surface area (Å²) in [5.41, 5.74) is 5.76. The standard InChI is InChI=1S/C20H20N2O4/c1-24-14-9-10-15-13(11-14)5-4-6-16(15)21-22-20(23)19-12-25-17-7-2-3-8-18(17)26-19/h2-3,7-11,19H,4-6,12H2,1H3,(H,22,23)/t19-/m0/s1. The Kier molecular flexibility index (Phi) is 4.48. The monoisotopic (exact) mass is 352 g/mol. The molecule has 0 fully saturated rings. The predicted octanol–water partition coefficient (Wildman–Crippen LogP) is 2.69. The Balaban J connectivity index is 1.47. The molecule has 134 valence electrons. The van der Waals surface area contributed by atoms with Crippen molar-refractivity contribution in [1.82, 2.24) is 5.43 Å². The summed E-state index contributed by atoms with van der Waals surface area (Å²) in [7, 11) is 1.66. The first kappa shape index (κ1) is 16.4. The number of hydrogen-bond acceptors (Lipinski definition) is 5. The second-order valence-electron chi connectivity index (χ2n) is 6.28. The summed E-state index contributed by atoms with van der Waals surface area (Å²) in [4.78, 5) is 12.4. The smallest absolute Gasteiger partial charge is 0.284 e. The van der Waals surface area contributed by atoms with E-state index >= 15 is 0 Å². The van der Waals surface area contributed by atoms with Gasteiger partial charge in [0.25, 0.3) is 5.91 Å². The lowest BCUT2D eigenvalue weighted by Crippen LogP contribution is -2.42. The Morgan fingerprint density at radius 1 is 1.19 bits per heavy atom. The van der Waals surface area contributed by atoms with Gasteiger partial charge in [-0.25, -0.2) is 5.43 Å². The number of carbonyl (C=O) groups is 1. The third-order valence-corrected chi connectivity index (χ3v) is 4.59. The van der Waals surface area contributed by atoms with Gasteiger partial charge >= 0.3 is 0 Å². The largest absolute Gasteiger partial charge is 0.497 e. The second kappa shape index (κ2) is 7.07. The van der Waals surface area contributed by atoms with E-state index in [2.05, 4.69) is 10.5 Å². The van der Waals surface area contributed by atoms with E-state index in [-0.39, 0.29) is 12.5 Å². The molecule has 1 N–H and O–H groups in total. The maximum atomic E-state index is 12.4. The lowest BCUT2D eigenvalue weighted by atomic mass is 9.90. The Morgan fingerprint density at radius 3 is 2.88 bits per heavy atom. The van der Waals surface area contributed by atoms with Crippen LogP contribution in [-0.4, -0.2) is 31.4 Å². The van der Waals surface area contributed by atoms with Crippen molar-refractivity contribution >= 4 is 11.6 Å². The van der Waals surface area contributed by atoms with E-state index in [0.717, 1.165) is 36.3 Å². The number of fused-ring (bicyclic) bond motifs is 2. The van der Waals surface area contributed by atoms with Crippen molar-refractivity contribution in [2.24, 2.45) is 5.10 Å². The molecule has 6 nitrogen and oxygen atoms in total. The Bertz CT molecular complexity index is 863. The van der Waals surface area contributed by atoms with Crippen molar-refractivity contribution in [3.05, 3.63) is 53.6 Å². The molecule has 0 bridgehead atoms. The van der Waals surface area contributed by atoms with Crippen LogP contribution in [0.15, 0.2) is 47.6 Å². The van der Waals surface area contributed by atoms with Crippen molar-refractivity contribution in [1.29, 1.82) is 0 Å². The number of carbonyl (C=O) groups excluding carboxylic acids is 1. The van der Waals surface area contributed by atoms with Crippen molar-refractivity contribution in [2.45, 2.75) is 25.4 Å². The lowest BCUT2D eigenvalue weighted by molar-refractivity contribution is -0.130. The molecule has 1 atom stereocenters. The maximum absolute atomic E-state index is 12.4. The number of para-hydroxylation sites is 2. The van der Waals surface area contributed by atoms with Crippen LogP contribution >= 0.6 is 0 Å². The van der Waals surface area contributed by atoms with Gasteiger partial charge in [-0.2, -0.15) is 5.10 Å². The van der Waals surface area contributed by atoms with Crippen LogP contribution in [0.3, 0.4) is 0 Å². The highest BCUT2D eigenvalue weighted by molar-refractivity contribution is 6.03. The Morgan fingerprint density at radius 2 is 2.04 bits per heavy atom. The molecular weight excluding hydrogens is 332 g/mol. The molecular formula is C20H20N2O4. The third-order valence-electron chi connectivity index (χ3n) is 4.59. The molecule has 0 saturated heterocycles. The van der Waals surface area contributed by atoms with Crippen LogP contribution in [0.25, 0.3) is 0 Å². The minimum atomic E-state index is -0.715. The minimum Gasteiger partial charge on any atom is -0.497 e. The second-order valence-corrected chi connectivity index (χ2v) is 6.28. The van der Waals surface area contributed by atoms with Gasteiger partial charge < -0.3 is 14.2 Å². The molecule has 0 aromatic heterocycles. The van der Waals surface area contributed by atoms with Gasteiger partial charge in [-0.3, -0.25) is 4.79 Å². The van der Waals surface area contributed by atoms with Gasteiger partial charge in [-0.15, -0.1) is 0 Å². The highest BCUT2D eigenvalue weighted by Gasteiger charge is 2.27. The summed E-state index contributed by atoms with van der Waals surface area (Å²) in [5.74, 6) is 1.74. The minimum absolute atomic E-state index is 0.168. The average Bonchev–Trinajstić information content (AvgIpc) is 2.71. The van der Waals surface area contributed by atoms with Gasteiger partial charge in [0.05, 0.1) is 12.8 Å². The Hall–Kier alpha value is -3.02. The predicted molar refractivity (Wildman–Crippen MR) is 97.0 cm³/mol. The van der Waals surface area contributed by atoms with Crippen molar-refractivity contribution < 1.29 is 19.0 Å². The third kappa shape index (κ3) is 3.22. The zero-order chi connectivity index (χ0) is 17.9. The SMILES string of the molecule is COc1ccc2c(c1)CCCC2=NNC(=O)[C@@H]1COc2ccccc2O1. The molecule has 0 radical (unpaired) electrons. The molecule has 1 aliphatic heterocycles. The van der Waals surface area contributed by atoms with Crippen LogP contribution in [0.5, 0.6) is 17.2 Å². The van der Waals surface area contributed by atoms with Crippen LogP contribution in [0.1, 0.15) is 24.0 Å². The fourth-order valence-electron chi connectivity index (χ4n) is 3.23. The van der Waals surface area contributed by atoms with Crippen LogP contribution < -0.4 is 19.6 Å². The van der Waals surface area contributed by atoms with E-state index in [1.54, 1.807) is 13.2 Å². The molecule has 0 spiro atoms. The maximum Gasteiger partial charge on any atom is 0.284 e. The molecule has 1 heterocycles. The fraction of sp³-hybridized carbons (Fsp3) is 0.300. The normalized spacial score (nSPS) is 19.6. The zero-order valence-electron chi connectivity index (χ0n) is 14.5. The summed E-state index contributed by atoms with van der Waals surface area (Å²) < 4.78 is 16.6. The van der Waals surface area contributed by atoms with Crippen molar-refractivity contribution in [3.8, 4) is 17.2 Å². The van der Waals surface area contributed by atoms with E-state index in [0.29, 0.717) is 11.5 Å². The van der Waals surface area contributed by atoms with Gasteiger partial charge in [-0.1, -0.05) is 12.1 Å². The average molecular weight is 352 g/mol. The number of hydrogen-bond donors (Lipinski definition) is 1. The quantitative estimate of drug-likeness (QED) is 0.863. The van der Waals surface area contributed by atoms with Crippen molar-refractivity contribution in [3.63, 3.8) is 0 Å². The molecule has 2 aromatic carbocycles. The number of nitrogens with one attached hydrogen (secondary N) is 1. The fourth-order valence-corrected chi connectivity index (χ4v) is 3.23. The Labute approximate surface area is 151 Å². The first-order chi connectivity index (χ1) is 12.7. The molecule has 1 amide bonds. The number of aryl methyl sites for hydroxylation is 1. The van der Waals surface area contributed by atoms with E-state index in [1.165, 1.54) is 5.56 Å². The van der Waals surface area contributed by atoms with E-state index in [1.807, 2.05) is 36.4 Å². The number of ether oxygens (including phenoxy) is 3. The first-order valence-corrected chi connectivity index (χ1v) is 8.67. The van der Waals surface area contributed by atoms with Gasteiger partial charge in [0, 0.05) is 5.56 Å². The van der Waals surface area contributed by atoms with Crippen LogP contribution in [0.2, 0.25) is 0 Å². The summed E-state index contributed by atoms with van der Waals surface area (Å²) in [6.45, 7) is 0.168. The summed E-state index contributed by atoms with van der Waals surface area (Å²) in [5, 5.41) is 4.35. The van der Waals surface area contributed by atoms with Crippen LogP contribution in [0, 0.1) is 0 Å². The molecule has 2 aliphatic rings. The van der Waals surface area contributed by atoms with E-state index in [4.69, 9.17) is 14.2 Å². The lowest BCUT2D eigenvalue weighted by Gasteiger charge is -2.25. The molecule has 0 saturated carbocycles. The number of rotatable bonds is 3. The van der Waals surface area contributed by atoms with Crippen LogP contribution in [-0.2, 0) is 11.2 Å². The summed E-state index contributed by atoms with van der Waals surface area (Å²) in [6, 6.07) is 13.2. The number of amides is 1. The number of benzene rings is 2. The molecule has 1 aliphatic carbocycles. The molecule has 4 rings (SSSR count). The van der Waals surface area contributed by atoms with Crippen LogP contribution in [0.4, 0.5) is 0 Å². The van der Waals surface area contributed by atoms with E-state index < -0.39 is 6.10 Å². The van der Waals surface area contributed by atoms with Gasteiger partial charge in [0.1, 0.15) is 12.4 Å². The number of nitrogens with zero attached hydrogens (tertiary/aromatic N) is 1. The number of methoxy groups -OCH3 is 1. The van der Waals surface area contributed by atoms with Gasteiger partial charge in [0.2, 0.25) is 6.10 Å². The molecule has 2 aromatic rings. The highest BCUT2D eigenvalue weighted by atomic mass is 16.6. The molecule has 0 unspecified atom stereocenters. The summed E-state index contributed by atoms with van der Waals surface area (Å²) >= 11 is 0. The zero-order valence-corrected chi connectivity index (χ0v) is 14.5.